The maximum Gasteiger partial charge on any atom is -0.0181 e. The highest BCUT2D eigenvalue weighted by Crippen LogP contribution is 2.39. The molecule has 0 N–H and O–H groups in total. The first kappa shape index (κ1) is 16.2. The molecule has 2 saturated carbocycles. The normalized spacial score (nSPS) is 21.3. The molecule has 128 valence electrons. The Balaban J connectivity index is 1.50. The van der Waals surface area contributed by atoms with Gasteiger partial charge in [-0.15, -0.1) is 0 Å². The zero-order chi connectivity index (χ0) is 16.2. The maximum atomic E-state index is 2.46. The van der Waals surface area contributed by atoms with Crippen molar-refractivity contribution >= 4 is 10.8 Å². The fourth-order valence-corrected chi connectivity index (χ4v) is 5.39. The lowest BCUT2D eigenvalue weighted by atomic mass is 9.75. The Labute approximate surface area is 147 Å². The molecule has 2 aliphatic rings. The number of rotatable bonds is 5. The summed E-state index contributed by atoms with van der Waals surface area (Å²) in [6.45, 7) is 0. The molecule has 24 heavy (non-hydrogen) atoms. The fourth-order valence-electron chi connectivity index (χ4n) is 5.39. The monoisotopic (exact) mass is 320 g/mol. The third-order valence-electron chi connectivity index (χ3n) is 6.74. The molecule has 0 amide bonds. The Kier molecular flexibility index (Phi) is 5.21. The Morgan fingerprint density at radius 1 is 0.750 bits per heavy atom. The number of hydrogen-bond acceptors (Lipinski definition) is 0. The first-order valence-corrected chi connectivity index (χ1v) is 10.4. The zero-order valence-electron chi connectivity index (χ0n) is 15.1. The Hall–Kier alpha value is -1.30. The summed E-state index contributed by atoms with van der Waals surface area (Å²) in [7, 11) is 0. The van der Waals surface area contributed by atoms with Crippen LogP contribution in [0.2, 0.25) is 0 Å². The Bertz CT molecular complexity index is 644. The molecule has 0 radical (unpaired) electrons. The van der Waals surface area contributed by atoms with E-state index in [0.29, 0.717) is 0 Å². The van der Waals surface area contributed by atoms with Crippen molar-refractivity contribution in [2.24, 2.45) is 17.8 Å². The van der Waals surface area contributed by atoms with Crippen molar-refractivity contribution in [2.45, 2.75) is 70.6 Å². The molecule has 4 rings (SSSR count). The van der Waals surface area contributed by atoms with Crippen LogP contribution in [0.1, 0.15) is 69.8 Å². The number of hydrogen-bond donors (Lipinski definition) is 0. The van der Waals surface area contributed by atoms with Gasteiger partial charge in [-0.05, 0) is 46.9 Å². The van der Waals surface area contributed by atoms with Gasteiger partial charge in [0, 0.05) is 0 Å². The molecular formula is C24H32. The van der Waals surface area contributed by atoms with Crippen LogP contribution in [0.3, 0.4) is 0 Å². The van der Waals surface area contributed by atoms with Crippen molar-refractivity contribution < 1.29 is 0 Å². The highest BCUT2D eigenvalue weighted by molar-refractivity contribution is 5.82. The van der Waals surface area contributed by atoms with Gasteiger partial charge in [-0.2, -0.15) is 0 Å². The summed E-state index contributed by atoms with van der Waals surface area (Å²) < 4.78 is 0. The van der Waals surface area contributed by atoms with E-state index in [1.54, 1.807) is 5.56 Å². The first-order valence-electron chi connectivity index (χ1n) is 10.4. The lowest BCUT2D eigenvalue weighted by molar-refractivity contribution is 0.229. The smallest absolute Gasteiger partial charge is 0.0181 e. The third-order valence-corrected chi connectivity index (χ3v) is 6.74. The molecular weight excluding hydrogens is 288 g/mol. The molecule has 0 heteroatoms. The molecule has 0 heterocycles. The molecule has 0 aromatic heterocycles. The number of fused-ring (bicyclic) bond motifs is 1. The molecule has 0 saturated heterocycles. The molecule has 2 aromatic rings. The van der Waals surface area contributed by atoms with E-state index in [2.05, 4.69) is 42.5 Å². The molecule has 0 nitrogen and oxygen atoms in total. The van der Waals surface area contributed by atoms with Crippen molar-refractivity contribution in [1.82, 2.24) is 0 Å². The van der Waals surface area contributed by atoms with E-state index in [0.717, 1.165) is 17.8 Å². The second-order valence-electron chi connectivity index (χ2n) is 8.43. The third kappa shape index (κ3) is 3.85. The van der Waals surface area contributed by atoms with Crippen LogP contribution < -0.4 is 0 Å². The van der Waals surface area contributed by atoms with Gasteiger partial charge in [0.2, 0.25) is 0 Å². The van der Waals surface area contributed by atoms with Crippen molar-refractivity contribution in [1.29, 1.82) is 0 Å². The van der Waals surface area contributed by atoms with Crippen LogP contribution in [0.4, 0.5) is 0 Å². The van der Waals surface area contributed by atoms with Crippen molar-refractivity contribution in [3.05, 3.63) is 48.0 Å². The predicted molar refractivity (Wildman–Crippen MR) is 104 cm³/mol. The first-order chi connectivity index (χ1) is 11.9. The predicted octanol–water partition coefficient (Wildman–Crippen LogP) is 7.16. The molecule has 0 bridgehead atoms. The quantitative estimate of drug-likeness (QED) is 0.548. The van der Waals surface area contributed by atoms with Crippen LogP contribution in [0.15, 0.2) is 42.5 Å². The summed E-state index contributed by atoms with van der Waals surface area (Å²) in [5, 5.41) is 2.80. The topological polar surface area (TPSA) is 0 Å². The van der Waals surface area contributed by atoms with E-state index >= 15 is 0 Å². The van der Waals surface area contributed by atoms with E-state index < -0.39 is 0 Å². The lowest BCUT2D eigenvalue weighted by Crippen LogP contribution is -2.20. The zero-order valence-corrected chi connectivity index (χ0v) is 15.1. The molecule has 1 unspecified atom stereocenters. The molecule has 1 atom stereocenters. The number of benzene rings is 2. The van der Waals surface area contributed by atoms with Crippen LogP contribution in [0.25, 0.3) is 10.8 Å². The summed E-state index contributed by atoms with van der Waals surface area (Å²) in [5.41, 5.74) is 1.57. The summed E-state index contributed by atoms with van der Waals surface area (Å²) >= 11 is 0. The van der Waals surface area contributed by atoms with Gasteiger partial charge in [-0.1, -0.05) is 100 Å². The Morgan fingerprint density at radius 2 is 1.46 bits per heavy atom. The van der Waals surface area contributed by atoms with Gasteiger partial charge >= 0.3 is 0 Å². The van der Waals surface area contributed by atoms with Crippen LogP contribution in [-0.4, -0.2) is 0 Å². The van der Waals surface area contributed by atoms with Crippen LogP contribution in [0, 0.1) is 17.8 Å². The van der Waals surface area contributed by atoms with Gasteiger partial charge in [0.05, 0.1) is 0 Å². The second-order valence-corrected chi connectivity index (χ2v) is 8.43. The van der Waals surface area contributed by atoms with E-state index in [9.17, 15) is 0 Å². The molecule has 0 spiro atoms. The summed E-state index contributed by atoms with van der Waals surface area (Å²) in [6, 6.07) is 16.0. The van der Waals surface area contributed by atoms with Gasteiger partial charge in [-0.3, -0.25) is 0 Å². The standard InChI is InChI=1S/C24H32/c1-2-8-19(9-3-1)16-24(21-10-4-5-11-21)18-20-14-15-22-12-6-7-13-23(22)17-20/h6-7,12-15,17,19,21,24H,1-5,8-11,16,18H2. The van der Waals surface area contributed by atoms with Gasteiger partial charge in [-0.25, -0.2) is 0 Å². The van der Waals surface area contributed by atoms with Crippen LogP contribution >= 0.6 is 0 Å². The fraction of sp³-hybridized carbons (Fsp3) is 0.583. The van der Waals surface area contributed by atoms with Crippen LogP contribution in [0.5, 0.6) is 0 Å². The highest BCUT2D eigenvalue weighted by Gasteiger charge is 2.28. The molecule has 2 aromatic carbocycles. The van der Waals surface area contributed by atoms with Crippen molar-refractivity contribution in [3.63, 3.8) is 0 Å². The van der Waals surface area contributed by atoms with Crippen molar-refractivity contribution in [3.8, 4) is 0 Å². The lowest BCUT2D eigenvalue weighted by Gasteiger charge is -2.30. The second kappa shape index (κ2) is 7.72. The van der Waals surface area contributed by atoms with Gasteiger partial charge in [0.25, 0.3) is 0 Å². The minimum absolute atomic E-state index is 0.928. The molecule has 0 aliphatic heterocycles. The summed E-state index contributed by atoms with van der Waals surface area (Å²) in [5.74, 6) is 2.94. The highest BCUT2D eigenvalue weighted by atomic mass is 14.3. The van der Waals surface area contributed by atoms with Crippen LogP contribution in [-0.2, 0) is 6.42 Å². The van der Waals surface area contributed by atoms with Gasteiger partial charge in [0.1, 0.15) is 0 Å². The largest absolute Gasteiger partial charge is 0.0616 e. The SMILES string of the molecule is c1ccc2cc(CC(CC3CCCCC3)C3CCCC3)ccc2c1. The summed E-state index contributed by atoms with van der Waals surface area (Å²) in [6.07, 6.45) is 16.2. The maximum absolute atomic E-state index is 2.46. The minimum Gasteiger partial charge on any atom is -0.0616 e. The van der Waals surface area contributed by atoms with Gasteiger partial charge in [0.15, 0.2) is 0 Å². The average Bonchev–Trinajstić information content (AvgIpc) is 3.17. The van der Waals surface area contributed by atoms with E-state index in [1.807, 2.05) is 0 Å². The molecule has 2 fully saturated rings. The van der Waals surface area contributed by atoms with Crippen molar-refractivity contribution in [2.75, 3.05) is 0 Å². The summed E-state index contributed by atoms with van der Waals surface area (Å²) in [4.78, 5) is 0. The van der Waals surface area contributed by atoms with Gasteiger partial charge < -0.3 is 0 Å². The average molecular weight is 321 g/mol. The van der Waals surface area contributed by atoms with E-state index in [-0.39, 0.29) is 0 Å². The van der Waals surface area contributed by atoms with E-state index in [1.165, 1.54) is 81.4 Å². The van der Waals surface area contributed by atoms with E-state index in [4.69, 9.17) is 0 Å². The Morgan fingerprint density at radius 3 is 2.25 bits per heavy atom. The molecule has 2 aliphatic carbocycles. The minimum atomic E-state index is 0.928.